The van der Waals surface area contributed by atoms with Crippen molar-refractivity contribution in [2.45, 2.75) is 32.4 Å². The Hall–Kier alpha value is -1.62. The fourth-order valence-electron chi connectivity index (χ4n) is 2.54. The number of likely N-dealkylation sites (tertiary alicyclic amines) is 1. The van der Waals surface area contributed by atoms with Crippen molar-refractivity contribution in [3.8, 4) is 0 Å². The Bertz CT molecular complexity index is 483. The highest BCUT2D eigenvalue weighted by Gasteiger charge is 2.21. The first-order chi connectivity index (χ1) is 8.81. The summed E-state index contributed by atoms with van der Waals surface area (Å²) >= 11 is 0. The SMILES string of the molecule is Cc1ccc(CN2CCC(n3ccnn3)CC2)o1. The summed E-state index contributed by atoms with van der Waals surface area (Å²) in [5.74, 6) is 2.05. The maximum absolute atomic E-state index is 5.62. The van der Waals surface area contributed by atoms with Crippen LogP contribution in [0.4, 0.5) is 0 Å². The monoisotopic (exact) mass is 246 g/mol. The van der Waals surface area contributed by atoms with Crippen LogP contribution in [-0.4, -0.2) is 33.0 Å². The van der Waals surface area contributed by atoms with E-state index in [2.05, 4.69) is 21.3 Å². The summed E-state index contributed by atoms with van der Waals surface area (Å²) in [6, 6.07) is 4.60. The lowest BCUT2D eigenvalue weighted by Crippen LogP contribution is -2.34. The summed E-state index contributed by atoms with van der Waals surface area (Å²) < 4.78 is 7.60. The lowest BCUT2D eigenvalue weighted by Gasteiger charge is -2.31. The quantitative estimate of drug-likeness (QED) is 0.831. The fourth-order valence-corrected chi connectivity index (χ4v) is 2.54. The lowest BCUT2D eigenvalue weighted by atomic mass is 10.1. The molecule has 3 rings (SSSR count). The van der Waals surface area contributed by atoms with Crippen molar-refractivity contribution in [1.29, 1.82) is 0 Å². The number of aromatic nitrogens is 3. The first-order valence-corrected chi connectivity index (χ1v) is 6.45. The normalized spacial score (nSPS) is 18.3. The number of rotatable bonds is 3. The Kier molecular flexibility index (Phi) is 3.15. The van der Waals surface area contributed by atoms with E-state index in [4.69, 9.17) is 4.42 Å². The molecule has 0 unspecified atom stereocenters. The smallest absolute Gasteiger partial charge is 0.118 e. The van der Waals surface area contributed by atoms with Crippen LogP contribution in [0, 0.1) is 6.92 Å². The lowest BCUT2D eigenvalue weighted by molar-refractivity contribution is 0.161. The van der Waals surface area contributed by atoms with E-state index in [0.29, 0.717) is 6.04 Å². The third-order valence-electron chi connectivity index (χ3n) is 3.55. The molecule has 0 aliphatic carbocycles. The van der Waals surface area contributed by atoms with Gasteiger partial charge in [-0.2, -0.15) is 0 Å². The van der Waals surface area contributed by atoms with Crippen LogP contribution >= 0.6 is 0 Å². The zero-order chi connectivity index (χ0) is 12.4. The molecule has 3 heterocycles. The van der Waals surface area contributed by atoms with E-state index in [1.54, 1.807) is 6.20 Å². The molecule has 1 saturated heterocycles. The minimum Gasteiger partial charge on any atom is -0.465 e. The van der Waals surface area contributed by atoms with Gasteiger partial charge in [0.2, 0.25) is 0 Å². The number of furan rings is 1. The van der Waals surface area contributed by atoms with E-state index in [0.717, 1.165) is 44.0 Å². The number of hydrogen-bond donors (Lipinski definition) is 0. The van der Waals surface area contributed by atoms with Crippen LogP contribution in [0.3, 0.4) is 0 Å². The number of aryl methyl sites for hydroxylation is 1. The first kappa shape index (κ1) is 11.5. The van der Waals surface area contributed by atoms with Gasteiger partial charge in [0.15, 0.2) is 0 Å². The minimum absolute atomic E-state index is 0.502. The summed E-state index contributed by atoms with van der Waals surface area (Å²) in [4.78, 5) is 2.44. The third kappa shape index (κ3) is 2.46. The molecule has 5 heteroatoms. The minimum atomic E-state index is 0.502. The second-order valence-electron chi connectivity index (χ2n) is 4.90. The summed E-state index contributed by atoms with van der Waals surface area (Å²) in [7, 11) is 0. The Morgan fingerprint density at radius 2 is 2.17 bits per heavy atom. The van der Waals surface area contributed by atoms with Crippen LogP contribution in [0.25, 0.3) is 0 Å². The zero-order valence-corrected chi connectivity index (χ0v) is 10.6. The molecule has 0 spiro atoms. The maximum atomic E-state index is 5.62. The molecular weight excluding hydrogens is 228 g/mol. The molecule has 2 aromatic heterocycles. The van der Waals surface area contributed by atoms with Crippen LogP contribution in [0.1, 0.15) is 30.4 Å². The largest absolute Gasteiger partial charge is 0.465 e. The molecule has 0 radical (unpaired) electrons. The molecule has 96 valence electrons. The number of piperidine rings is 1. The van der Waals surface area contributed by atoms with Gasteiger partial charge in [-0.3, -0.25) is 4.90 Å². The molecular formula is C13H18N4O. The average Bonchev–Trinajstić information content (AvgIpc) is 3.02. The van der Waals surface area contributed by atoms with E-state index >= 15 is 0 Å². The summed E-state index contributed by atoms with van der Waals surface area (Å²) in [5.41, 5.74) is 0. The van der Waals surface area contributed by atoms with Crippen molar-refractivity contribution >= 4 is 0 Å². The summed E-state index contributed by atoms with van der Waals surface area (Å²) in [6.45, 7) is 5.08. The predicted octanol–water partition coefficient (Wildman–Crippen LogP) is 2.02. The van der Waals surface area contributed by atoms with E-state index in [1.165, 1.54) is 0 Å². The van der Waals surface area contributed by atoms with Gasteiger partial charge in [0.05, 0.1) is 18.8 Å². The Morgan fingerprint density at radius 3 is 2.78 bits per heavy atom. The highest BCUT2D eigenvalue weighted by atomic mass is 16.3. The van der Waals surface area contributed by atoms with Gasteiger partial charge >= 0.3 is 0 Å². The molecule has 0 N–H and O–H groups in total. The molecule has 0 aromatic carbocycles. The zero-order valence-electron chi connectivity index (χ0n) is 10.6. The summed E-state index contributed by atoms with van der Waals surface area (Å²) in [6.07, 6.45) is 5.96. The van der Waals surface area contributed by atoms with Crippen LogP contribution in [0.2, 0.25) is 0 Å². The molecule has 18 heavy (non-hydrogen) atoms. The molecule has 1 aliphatic rings. The Labute approximate surface area is 106 Å². The second kappa shape index (κ2) is 4.94. The van der Waals surface area contributed by atoms with Crippen molar-refractivity contribution in [2.24, 2.45) is 0 Å². The van der Waals surface area contributed by atoms with Crippen LogP contribution in [0.5, 0.6) is 0 Å². The third-order valence-corrected chi connectivity index (χ3v) is 3.55. The molecule has 0 bridgehead atoms. The molecule has 5 nitrogen and oxygen atoms in total. The van der Waals surface area contributed by atoms with Gasteiger partial charge in [-0.15, -0.1) is 5.10 Å². The Balaban J connectivity index is 1.54. The highest BCUT2D eigenvalue weighted by molar-refractivity contribution is 5.05. The molecule has 0 atom stereocenters. The fraction of sp³-hybridized carbons (Fsp3) is 0.538. The van der Waals surface area contributed by atoms with Crippen molar-refractivity contribution in [3.05, 3.63) is 36.0 Å². The van der Waals surface area contributed by atoms with Gasteiger partial charge in [0, 0.05) is 19.3 Å². The van der Waals surface area contributed by atoms with Crippen LogP contribution in [0.15, 0.2) is 28.9 Å². The van der Waals surface area contributed by atoms with E-state index < -0.39 is 0 Å². The Morgan fingerprint density at radius 1 is 1.33 bits per heavy atom. The number of hydrogen-bond acceptors (Lipinski definition) is 4. The van der Waals surface area contributed by atoms with Gasteiger partial charge < -0.3 is 4.42 Å². The van der Waals surface area contributed by atoms with Gasteiger partial charge in [-0.1, -0.05) is 5.21 Å². The predicted molar refractivity (Wildman–Crippen MR) is 67.0 cm³/mol. The van der Waals surface area contributed by atoms with Crippen molar-refractivity contribution in [2.75, 3.05) is 13.1 Å². The summed E-state index contributed by atoms with van der Waals surface area (Å²) in [5, 5.41) is 7.95. The van der Waals surface area contributed by atoms with E-state index in [-0.39, 0.29) is 0 Å². The first-order valence-electron chi connectivity index (χ1n) is 6.45. The van der Waals surface area contributed by atoms with E-state index in [9.17, 15) is 0 Å². The maximum Gasteiger partial charge on any atom is 0.118 e. The van der Waals surface area contributed by atoms with Crippen LogP contribution < -0.4 is 0 Å². The van der Waals surface area contributed by atoms with E-state index in [1.807, 2.05) is 23.9 Å². The van der Waals surface area contributed by atoms with Gasteiger partial charge in [-0.05, 0) is 31.9 Å². The molecule has 1 fully saturated rings. The topological polar surface area (TPSA) is 47.1 Å². The van der Waals surface area contributed by atoms with Gasteiger partial charge in [0.1, 0.15) is 11.5 Å². The van der Waals surface area contributed by atoms with Crippen LogP contribution in [-0.2, 0) is 6.54 Å². The molecule has 1 aliphatic heterocycles. The highest BCUT2D eigenvalue weighted by Crippen LogP contribution is 2.22. The standard InChI is InChI=1S/C13H18N4O/c1-11-2-3-13(18-11)10-16-7-4-12(5-8-16)17-9-6-14-15-17/h2-3,6,9,12H,4-5,7-8,10H2,1H3. The average molecular weight is 246 g/mol. The molecule has 0 saturated carbocycles. The van der Waals surface area contributed by atoms with Crippen molar-refractivity contribution < 1.29 is 4.42 Å². The van der Waals surface area contributed by atoms with Gasteiger partial charge in [0.25, 0.3) is 0 Å². The van der Waals surface area contributed by atoms with Gasteiger partial charge in [-0.25, -0.2) is 4.68 Å². The van der Waals surface area contributed by atoms with Crippen molar-refractivity contribution in [3.63, 3.8) is 0 Å². The molecule has 2 aromatic rings. The second-order valence-corrected chi connectivity index (χ2v) is 4.90. The molecule has 0 amide bonds. The number of nitrogens with zero attached hydrogens (tertiary/aromatic N) is 4. The van der Waals surface area contributed by atoms with Crippen molar-refractivity contribution in [1.82, 2.24) is 19.9 Å².